The van der Waals surface area contributed by atoms with Crippen LogP contribution in [0.4, 0.5) is 0 Å². The number of hydrogen-bond donors (Lipinski definition) is 0. The van der Waals surface area contributed by atoms with Gasteiger partial charge < -0.3 is 18.9 Å². The minimum Gasteiger partial charge on any atom is -0.497 e. The van der Waals surface area contributed by atoms with Crippen molar-refractivity contribution >= 4 is 33.2 Å². The van der Waals surface area contributed by atoms with E-state index in [0.29, 0.717) is 11.4 Å². The van der Waals surface area contributed by atoms with Crippen LogP contribution in [-0.4, -0.2) is 31.8 Å². The van der Waals surface area contributed by atoms with Crippen LogP contribution in [-0.2, 0) is 16.1 Å². The molecule has 1 aromatic heterocycles. The lowest BCUT2D eigenvalue weighted by atomic mass is 10.2. The Morgan fingerprint density at radius 1 is 1.07 bits per heavy atom. The van der Waals surface area contributed by atoms with Crippen LogP contribution in [0.5, 0.6) is 17.2 Å². The van der Waals surface area contributed by atoms with Crippen LogP contribution in [0, 0.1) is 0 Å². The van der Waals surface area contributed by atoms with E-state index in [2.05, 4.69) is 20.9 Å². The molecule has 0 atom stereocenters. The number of ether oxygens (including phenoxy) is 4. The van der Waals surface area contributed by atoms with Crippen molar-refractivity contribution in [2.45, 2.75) is 6.61 Å². The fourth-order valence-corrected chi connectivity index (χ4v) is 3.54. The average Bonchev–Trinajstić information content (AvgIpc) is 3.20. The van der Waals surface area contributed by atoms with Gasteiger partial charge in [0.25, 0.3) is 0 Å². The van der Waals surface area contributed by atoms with Crippen LogP contribution in [0.15, 0.2) is 52.3 Å². The predicted octanol–water partition coefficient (Wildman–Crippen LogP) is 4.71. The van der Waals surface area contributed by atoms with Gasteiger partial charge in [0.05, 0.1) is 25.5 Å². The minimum absolute atomic E-state index is 0.0810. The molecular formula is C20H18BrNO5S. The van der Waals surface area contributed by atoms with Crippen molar-refractivity contribution in [1.82, 2.24) is 4.98 Å². The molecule has 2 aromatic carbocycles. The van der Waals surface area contributed by atoms with Crippen LogP contribution in [0.2, 0.25) is 0 Å². The Balaban J connectivity index is 1.54. The van der Waals surface area contributed by atoms with Crippen molar-refractivity contribution in [3.05, 3.63) is 58.0 Å². The van der Waals surface area contributed by atoms with E-state index in [1.807, 2.05) is 23.6 Å². The van der Waals surface area contributed by atoms with Gasteiger partial charge in [-0.15, -0.1) is 11.3 Å². The number of methoxy groups -OCH3 is 2. The van der Waals surface area contributed by atoms with Crippen LogP contribution in [0.3, 0.4) is 0 Å². The largest absolute Gasteiger partial charge is 0.497 e. The molecule has 6 nitrogen and oxygen atoms in total. The number of hydrogen-bond acceptors (Lipinski definition) is 7. The first-order valence-electron chi connectivity index (χ1n) is 8.30. The summed E-state index contributed by atoms with van der Waals surface area (Å²) < 4.78 is 22.0. The second-order valence-electron chi connectivity index (χ2n) is 5.61. The summed E-state index contributed by atoms with van der Waals surface area (Å²) in [6.07, 6.45) is 0. The summed E-state index contributed by atoms with van der Waals surface area (Å²) in [6.45, 7) is -0.0968. The lowest BCUT2D eigenvalue weighted by Gasteiger charge is -2.07. The molecule has 0 aliphatic rings. The number of nitrogens with zero attached hydrogens (tertiary/aromatic N) is 1. The summed E-state index contributed by atoms with van der Waals surface area (Å²) in [6, 6.07) is 12.7. The fraction of sp³-hybridized carbons (Fsp3) is 0.200. The van der Waals surface area contributed by atoms with Crippen molar-refractivity contribution < 1.29 is 23.7 Å². The highest BCUT2D eigenvalue weighted by molar-refractivity contribution is 9.10. The van der Waals surface area contributed by atoms with E-state index in [1.54, 1.807) is 38.5 Å². The molecule has 0 radical (unpaired) electrons. The third-order valence-corrected chi connectivity index (χ3v) is 5.16. The molecule has 0 fully saturated rings. The van der Waals surface area contributed by atoms with Gasteiger partial charge in [0.2, 0.25) is 0 Å². The van der Waals surface area contributed by atoms with E-state index in [0.717, 1.165) is 26.5 Å². The molecular weight excluding hydrogens is 446 g/mol. The third-order valence-electron chi connectivity index (χ3n) is 3.74. The Labute approximate surface area is 175 Å². The fourth-order valence-electron chi connectivity index (χ4n) is 2.35. The van der Waals surface area contributed by atoms with Crippen molar-refractivity contribution in [2.24, 2.45) is 0 Å². The Morgan fingerprint density at radius 2 is 1.82 bits per heavy atom. The number of esters is 1. The van der Waals surface area contributed by atoms with Gasteiger partial charge in [-0.3, -0.25) is 0 Å². The van der Waals surface area contributed by atoms with Gasteiger partial charge in [-0.2, -0.15) is 0 Å². The summed E-state index contributed by atoms with van der Waals surface area (Å²) in [5.74, 6) is 1.55. The summed E-state index contributed by atoms with van der Waals surface area (Å²) in [7, 11) is 3.20. The zero-order valence-electron chi connectivity index (χ0n) is 15.3. The first-order valence-corrected chi connectivity index (χ1v) is 9.97. The molecule has 8 heteroatoms. The maximum Gasteiger partial charge on any atom is 0.344 e. The van der Waals surface area contributed by atoms with Gasteiger partial charge in [-0.05, 0) is 42.5 Å². The summed E-state index contributed by atoms with van der Waals surface area (Å²) in [5.41, 5.74) is 1.54. The molecule has 3 aromatic rings. The number of thiazole rings is 1. The number of carbonyl (C=O) groups excluding carboxylic acids is 1. The summed E-state index contributed by atoms with van der Waals surface area (Å²) in [4.78, 5) is 16.4. The molecule has 0 N–H and O–H groups in total. The second kappa shape index (κ2) is 9.57. The zero-order valence-corrected chi connectivity index (χ0v) is 17.7. The molecule has 1 heterocycles. The highest BCUT2D eigenvalue weighted by Gasteiger charge is 2.12. The second-order valence-corrected chi connectivity index (χ2v) is 7.39. The minimum atomic E-state index is -0.467. The van der Waals surface area contributed by atoms with Gasteiger partial charge in [0.15, 0.2) is 6.61 Å². The summed E-state index contributed by atoms with van der Waals surface area (Å²) in [5, 5.41) is 2.64. The van der Waals surface area contributed by atoms with E-state index in [-0.39, 0.29) is 13.2 Å². The Morgan fingerprint density at radius 3 is 2.54 bits per heavy atom. The van der Waals surface area contributed by atoms with Crippen molar-refractivity contribution in [3.63, 3.8) is 0 Å². The highest BCUT2D eigenvalue weighted by atomic mass is 79.9. The highest BCUT2D eigenvalue weighted by Crippen LogP contribution is 2.34. The first kappa shape index (κ1) is 20.2. The van der Waals surface area contributed by atoms with Crippen LogP contribution in [0.25, 0.3) is 10.6 Å². The predicted molar refractivity (Wildman–Crippen MR) is 110 cm³/mol. The maximum atomic E-state index is 11.9. The van der Waals surface area contributed by atoms with Crippen molar-refractivity contribution in [1.29, 1.82) is 0 Å². The molecule has 0 saturated carbocycles. The number of halogens is 1. The lowest BCUT2D eigenvalue weighted by Crippen LogP contribution is -2.14. The molecule has 0 amide bonds. The molecule has 28 heavy (non-hydrogen) atoms. The van der Waals surface area contributed by atoms with E-state index < -0.39 is 5.97 Å². The smallest absolute Gasteiger partial charge is 0.344 e. The molecule has 0 unspecified atom stereocenters. The number of carbonyl (C=O) groups is 1. The Bertz CT molecular complexity index is 942. The van der Waals surface area contributed by atoms with E-state index in [1.165, 1.54) is 11.3 Å². The molecule has 0 aliphatic carbocycles. The normalized spacial score (nSPS) is 10.4. The Hall–Kier alpha value is -2.58. The van der Waals surface area contributed by atoms with Crippen LogP contribution in [0.1, 0.15) is 5.69 Å². The van der Waals surface area contributed by atoms with Crippen molar-refractivity contribution in [2.75, 3.05) is 20.8 Å². The van der Waals surface area contributed by atoms with Crippen molar-refractivity contribution in [3.8, 4) is 27.8 Å². The lowest BCUT2D eigenvalue weighted by molar-refractivity contribution is -0.147. The Kier molecular flexibility index (Phi) is 6.89. The monoisotopic (exact) mass is 463 g/mol. The molecule has 0 bridgehead atoms. The molecule has 0 aliphatic heterocycles. The maximum absolute atomic E-state index is 11.9. The average molecular weight is 464 g/mol. The first-order chi connectivity index (χ1) is 13.6. The number of rotatable bonds is 8. The van der Waals surface area contributed by atoms with Gasteiger partial charge in [-0.25, -0.2) is 9.78 Å². The van der Waals surface area contributed by atoms with E-state index >= 15 is 0 Å². The molecule has 3 rings (SSSR count). The topological polar surface area (TPSA) is 66.9 Å². The SMILES string of the molecule is COc1ccc(OCC(=O)OCc2csc(-c3cc(Br)ccc3OC)n2)cc1. The van der Waals surface area contributed by atoms with Gasteiger partial charge in [-0.1, -0.05) is 15.9 Å². The zero-order chi connectivity index (χ0) is 19.9. The molecule has 146 valence electrons. The molecule has 0 saturated heterocycles. The van der Waals surface area contributed by atoms with Crippen LogP contribution >= 0.6 is 27.3 Å². The van der Waals surface area contributed by atoms with Crippen LogP contribution < -0.4 is 14.2 Å². The number of benzene rings is 2. The van der Waals surface area contributed by atoms with Gasteiger partial charge in [0.1, 0.15) is 28.9 Å². The van der Waals surface area contributed by atoms with Gasteiger partial charge in [0, 0.05) is 9.85 Å². The molecule has 0 spiro atoms. The third kappa shape index (κ3) is 5.24. The van der Waals surface area contributed by atoms with Gasteiger partial charge >= 0.3 is 5.97 Å². The standard InChI is InChI=1S/C20H18BrNO5S/c1-24-15-4-6-16(7-5-15)26-11-19(23)27-10-14-12-28-20(22-14)17-9-13(21)3-8-18(17)25-2/h3-9,12H,10-11H2,1-2H3. The van der Waals surface area contributed by atoms with E-state index in [4.69, 9.17) is 18.9 Å². The number of aromatic nitrogens is 1. The summed E-state index contributed by atoms with van der Waals surface area (Å²) >= 11 is 4.91. The quantitative estimate of drug-likeness (QED) is 0.450. The van der Waals surface area contributed by atoms with E-state index in [9.17, 15) is 4.79 Å².